The predicted octanol–water partition coefficient (Wildman–Crippen LogP) is 2.08. The number of hydrogen-bond acceptors (Lipinski definition) is 7. The average molecular weight is 349 g/mol. The van der Waals surface area contributed by atoms with Gasteiger partial charge in [-0.15, -0.1) is 0 Å². The zero-order valence-corrected chi connectivity index (χ0v) is 13.8. The Morgan fingerprint density at radius 3 is 2.72 bits per heavy atom. The van der Waals surface area contributed by atoms with Gasteiger partial charge in [0.25, 0.3) is 0 Å². The Hall–Kier alpha value is -2.16. The molecule has 0 aromatic heterocycles. The highest BCUT2D eigenvalue weighted by Gasteiger charge is 2.51. The largest absolute Gasteiger partial charge is 0.459 e. The molecule has 0 amide bonds. The van der Waals surface area contributed by atoms with Crippen LogP contribution in [0.25, 0.3) is 10.4 Å². The van der Waals surface area contributed by atoms with Crippen molar-refractivity contribution in [3.63, 3.8) is 0 Å². The summed E-state index contributed by atoms with van der Waals surface area (Å²) >= 11 is 0. The van der Waals surface area contributed by atoms with Crippen LogP contribution in [0.1, 0.15) is 18.8 Å². The normalized spacial score (nSPS) is 34.5. The van der Waals surface area contributed by atoms with Crippen LogP contribution >= 0.6 is 0 Å². The maximum atomic E-state index is 11.6. The lowest BCUT2D eigenvalue weighted by Crippen LogP contribution is -2.62. The molecule has 2 aliphatic rings. The molecule has 1 aromatic rings. The molecule has 0 saturated carbocycles. The summed E-state index contributed by atoms with van der Waals surface area (Å²) in [6.45, 7) is 1.51. The van der Waals surface area contributed by atoms with Crippen molar-refractivity contribution in [2.75, 3.05) is 13.7 Å². The van der Waals surface area contributed by atoms with Crippen LogP contribution in [-0.2, 0) is 28.5 Å². The zero-order valence-electron chi connectivity index (χ0n) is 13.8. The van der Waals surface area contributed by atoms with Crippen molar-refractivity contribution in [3.8, 4) is 0 Å². The smallest absolute Gasteiger partial charge is 0.303 e. The molecule has 0 N–H and O–H groups in total. The van der Waals surface area contributed by atoms with Crippen LogP contribution in [0.4, 0.5) is 0 Å². The number of ether oxygens (including phenoxy) is 5. The summed E-state index contributed by atoms with van der Waals surface area (Å²) in [6.07, 6.45) is -3.49. The first-order chi connectivity index (χ1) is 12.1. The third kappa shape index (κ3) is 3.76. The number of methoxy groups -OCH3 is 1. The molecule has 0 bridgehead atoms. The predicted molar refractivity (Wildman–Crippen MR) is 84.2 cm³/mol. The van der Waals surface area contributed by atoms with Crippen LogP contribution in [0.3, 0.4) is 0 Å². The zero-order chi connectivity index (χ0) is 17.8. The van der Waals surface area contributed by atoms with Gasteiger partial charge in [0.1, 0.15) is 24.4 Å². The van der Waals surface area contributed by atoms with E-state index in [0.717, 1.165) is 5.56 Å². The molecule has 0 spiro atoms. The van der Waals surface area contributed by atoms with Crippen molar-refractivity contribution in [1.82, 2.24) is 0 Å². The lowest BCUT2D eigenvalue weighted by atomic mass is 9.96. The Labute approximate surface area is 144 Å². The number of fused-ring (bicyclic) bond motifs is 1. The molecule has 9 heteroatoms. The maximum absolute atomic E-state index is 11.6. The summed E-state index contributed by atoms with van der Waals surface area (Å²) in [7, 11) is 1.42. The Bertz CT molecular complexity index is 651. The molecule has 0 aliphatic carbocycles. The summed E-state index contributed by atoms with van der Waals surface area (Å²) in [5.41, 5.74) is 9.68. The highest BCUT2D eigenvalue weighted by molar-refractivity contribution is 5.66. The second-order valence-corrected chi connectivity index (χ2v) is 5.72. The van der Waals surface area contributed by atoms with E-state index in [9.17, 15) is 4.79 Å². The van der Waals surface area contributed by atoms with E-state index in [1.165, 1.54) is 14.0 Å². The summed E-state index contributed by atoms with van der Waals surface area (Å²) in [4.78, 5) is 14.4. The van der Waals surface area contributed by atoms with Gasteiger partial charge in [0, 0.05) is 24.5 Å². The van der Waals surface area contributed by atoms with E-state index in [4.69, 9.17) is 29.2 Å². The van der Waals surface area contributed by atoms with Gasteiger partial charge >= 0.3 is 5.97 Å². The van der Waals surface area contributed by atoms with Gasteiger partial charge in [0.2, 0.25) is 0 Å². The van der Waals surface area contributed by atoms with E-state index in [0.29, 0.717) is 0 Å². The molecule has 9 nitrogen and oxygen atoms in total. The minimum absolute atomic E-state index is 0.227. The highest BCUT2D eigenvalue weighted by Crippen LogP contribution is 2.36. The Morgan fingerprint density at radius 1 is 1.32 bits per heavy atom. The molecule has 1 unspecified atom stereocenters. The summed E-state index contributed by atoms with van der Waals surface area (Å²) in [5, 5.41) is 3.69. The molecule has 3 rings (SSSR count). The van der Waals surface area contributed by atoms with Gasteiger partial charge in [0.15, 0.2) is 12.6 Å². The van der Waals surface area contributed by atoms with Crippen molar-refractivity contribution >= 4 is 5.97 Å². The summed E-state index contributed by atoms with van der Waals surface area (Å²) in [5.74, 6) is -0.509. The topological polar surface area (TPSA) is 112 Å². The molecule has 0 radical (unpaired) electrons. The fourth-order valence-corrected chi connectivity index (χ4v) is 3.04. The molecule has 2 saturated heterocycles. The number of benzene rings is 1. The van der Waals surface area contributed by atoms with Crippen LogP contribution in [-0.4, -0.2) is 50.3 Å². The number of esters is 1. The number of hydrogen-bond donors (Lipinski definition) is 0. The Balaban J connectivity index is 1.87. The van der Waals surface area contributed by atoms with E-state index in [1.807, 2.05) is 30.3 Å². The molecule has 25 heavy (non-hydrogen) atoms. The maximum Gasteiger partial charge on any atom is 0.303 e. The van der Waals surface area contributed by atoms with Crippen LogP contribution < -0.4 is 0 Å². The number of rotatable bonds is 4. The van der Waals surface area contributed by atoms with Gasteiger partial charge in [-0.25, -0.2) is 0 Å². The minimum Gasteiger partial charge on any atom is -0.459 e. The number of nitrogens with zero attached hydrogens (tertiary/aromatic N) is 3. The number of azide groups is 1. The van der Waals surface area contributed by atoms with E-state index >= 15 is 0 Å². The first-order valence-electron chi connectivity index (χ1n) is 7.85. The number of carbonyl (C=O) groups excluding carboxylic acids is 1. The van der Waals surface area contributed by atoms with E-state index in [2.05, 4.69) is 10.0 Å². The van der Waals surface area contributed by atoms with Gasteiger partial charge in [-0.05, 0) is 5.53 Å². The van der Waals surface area contributed by atoms with E-state index < -0.39 is 42.9 Å². The Morgan fingerprint density at radius 2 is 2.08 bits per heavy atom. The van der Waals surface area contributed by atoms with Crippen molar-refractivity contribution < 1.29 is 28.5 Å². The third-order valence-corrected chi connectivity index (χ3v) is 4.10. The van der Waals surface area contributed by atoms with Crippen LogP contribution in [0, 0.1) is 0 Å². The second-order valence-electron chi connectivity index (χ2n) is 5.72. The van der Waals surface area contributed by atoms with Gasteiger partial charge in [-0.2, -0.15) is 0 Å². The Kier molecular flexibility index (Phi) is 5.52. The first-order valence-corrected chi connectivity index (χ1v) is 7.85. The lowest BCUT2D eigenvalue weighted by molar-refractivity contribution is -0.339. The van der Waals surface area contributed by atoms with Crippen LogP contribution in [0.5, 0.6) is 0 Å². The average Bonchev–Trinajstić information content (AvgIpc) is 2.63. The summed E-state index contributed by atoms with van der Waals surface area (Å²) < 4.78 is 28.1. The third-order valence-electron chi connectivity index (χ3n) is 4.10. The monoisotopic (exact) mass is 349 g/mol. The molecule has 2 fully saturated rings. The molecular formula is C16H19N3O6. The van der Waals surface area contributed by atoms with Crippen LogP contribution in [0.2, 0.25) is 0 Å². The highest BCUT2D eigenvalue weighted by atomic mass is 16.7. The minimum atomic E-state index is -0.866. The number of carbonyl (C=O) groups is 1. The van der Waals surface area contributed by atoms with Crippen LogP contribution in [0.15, 0.2) is 35.4 Å². The van der Waals surface area contributed by atoms with Gasteiger partial charge in [0.05, 0.1) is 6.61 Å². The van der Waals surface area contributed by atoms with Gasteiger partial charge in [-0.3, -0.25) is 4.79 Å². The first kappa shape index (κ1) is 17.7. The van der Waals surface area contributed by atoms with Crippen molar-refractivity contribution in [1.29, 1.82) is 0 Å². The standard InChI is InChI=1S/C16H19N3O6/c1-9(20)23-14-12(18-19-17)16(21-2)24-11-8-22-15(25-13(11)14)10-6-4-3-5-7-10/h3-7,11-16H,8H2,1-2H3/t11-,12+,13-,14-,15?,16+/m1/s1. The molecule has 134 valence electrons. The lowest BCUT2D eigenvalue weighted by Gasteiger charge is -2.47. The molecule has 1 aromatic carbocycles. The van der Waals surface area contributed by atoms with Gasteiger partial charge in [-0.1, -0.05) is 35.4 Å². The fourth-order valence-electron chi connectivity index (χ4n) is 3.04. The van der Waals surface area contributed by atoms with Crippen molar-refractivity contribution in [2.24, 2.45) is 5.11 Å². The molecule has 6 atom stereocenters. The quantitative estimate of drug-likeness (QED) is 0.356. The SMILES string of the molecule is CO[C@H]1O[C@@H]2COC(c3ccccc3)O[C@H]2[C@H](OC(C)=O)[C@@H]1N=[N+]=[N-]. The van der Waals surface area contributed by atoms with Crippen molar-refractivity contribution in [3.05, 3.63) is 46.3 Å². The van der Waals surface area contributed by atoms with E-state index in [-0.39, 0.29) is 6.61 Å². The van der Waals surface area contributed by atoms with E-state index in [1.54, 1.807) is 0 Å². The second kappa shape index (κ2) is 7.81. The molecule has 2 aliphatic heterocycles. The fraction of sp³-hybridized carbons (Fsp3) is 0.562. The van der Waals surface area contributed by atoms with Crippen molar-refractivity contribution in [2.45, 2.75) is 43.9 Å². The van der Waals surface area contributed by atoms with Gasteiger partial charge < -0.3 is 23.7 Å². The molecular weight excluding hydrogens is 330 g/mol. The summed E-state index contributed by atoms with van der Waals surface area (Å²) in [6, 6.07) is 8.52. The molecule has 2 heterocycles.